The summed E-state index contributed by atoms with van der Waals surface area (Å²) in [7, 11) is 0. The molecule has 0 atom stereocenters. The van der Waals surface area contributed by atoms with Crippen molar-refractivity contribution < 1.29 is 0 Å². The Balaban J connectivity index is 2.24. The molecule has 0 fully saturated rings. The average molecular weight is 258 g/mol. The van der Waals surface area contributed by atoms with Crippen LogP contribution in [0.5, 0.6) is 0 Å². The van der Waals surface area contributed by atoms with Crippen LogP contribution < -0.4 is 0 Å². The molecule has 2 heterocycles. The summed E-state index contributed by atoms with van der Waals surface area (Å²) in [6.07, 6.45) is 1.85. The molecule has 0 N–H and O–H groups in total. The van der Waals surface area contributed by atoms with E-state index in [0.29, 0.717) is 0 Å². The molecule has 0 bridgehead atoms. The smallest absolute Gasteiger partial charge is 0.140 e. The first-order valence-electron chi connectivity index (χ1n) is 6.76. The molecule has 4 aromatic rings. The summed E-state index contributed by atoms with van der Waals surface area (Å²) in [6, 6.07) is 21.1. The first-order chi connectivity index (χ1) is 9.86. The second kappa shape index (κ2) is 4.20. The maximum atomic E-state index is 4.58. The number of aryl methyl sites for hydroxylation is 1. The normalized spacial score (nSPS) is 11.2. The Kier molecular flexibility index (Phi) is 2.36. The average Bonchev–Trinajstić information content (AvgIpc) is 2.83. The lowest BCUT2D eigenvalue weighted by atomic mass is 10.2. The largest absolute Gasteiger partial charge is 0.294 e. The second-order valence-corrected chi connectivity index (χ2v) is 5.01. The number of benzene rings is 2. The van der Waals surface area contributed by atoms with Crippen LogP contribution >= 0.6 is 0 Å². The Hall–Kier alpha value is -2.61. The molecule has 0 spiro atoms. The monoisotopic (exact) mass is 258 g/mol. The molecule has 0 aliphatic rings. The van der Waals surface area contributed by atoms with E-state index in [9.17, 15) is 0 Å². The zero-order valence-corrected chi connectivity index (χ0v) is 11.2. The lowest BCUT2D eigenvalue weighted by Gasteiger charge is -2.09. The van der Waals surface area contributed by atoms with Crippen LogP contribution in [0.25, 0.3) is 27.6 Å². The van der Waals surface area contributed by atoms with Gasteiger partial charge in [-0.3, -0.25) is 4.57 Å². The van der Waals surface area contributed by atoms with E-state index in [1.165, 1.54) is 27.4 Å². The van der Waals surface area contributed by atoms with E-state index >= 15 is 0 Å². The van der Waals surface area contributed by atoms with Crippen molar-refractivity contribution in [3.8, 4) is 5.82 Å². The molecule has 2 heteroatoms. The van der Waals surface area contributed by atoms with E-state index in [0.717, 1.165) is 5.82 Å². The van der Waals surface area contributed by atoms with Crippen LogP contribution in [0.15, 0.2) is 66.9 Å². The quantitative estimate of drug-likeness (QED) is 0.492. The molecule has 20 heavy (non-hydrogen) atoms. The van der Waals surface area contributed by atoms with Gasteiger partial charge in [0.25, 0.3) is 0 Å². The van der Waals surface area contributed by atoms with E-state index in [1.807, 2.05) is 12.3 Å². The molecular weight excluding hydrogens is 244 g/mol. The fraction of sp³-hybridized carbons (Fsp3) is 0.0556. The number of hydrogen-bond acceptors (Lipinski definition) is 1. The lowest BCUT2D eigenvalue weighted by molar-refractivity contribution is 1.05. The predicted octanol–water partition coefficient (Wildman–Crippen LogP) is 4.49. The molecule has 0 unspecified atom stereocenters. The summed E-state index contributed by atoms with van der Waals surface area (Å²) in [4.78, 5) is 4.58. The maximum Gasteiger partial charge on any atom is 0.140 e. The van der Waals surface area contributed by atoms with Gasteiger partial charge in [0, 0.05) is 17.0 Å². The highest BCUT2D eigenvalue weighted by atomic mass is 15.1. The van der Waals surface area contributed by atoms with Crippen molar-refractivity contribution in [2.75, 3.05) is 0 Å². The van der Waals surface area contributed by atoms with Gasteiger partial charge in [-0.15, -0.1) is 0 Å². The summed E-state index contributed by atoms with van der Waals surface area (Å²) in [6.45, 7) is 2.10. The van der Waals surface area contributed by atoms with Gasteiger partial charge in [0.1, 0.15) is 5.82 Å². The van der Waals surface area contributed by atoms with Crippen LogP contribution in [0, 0.1) is 6.92 Å². The zero-order chi connectivity index (χ0) is 13.5. The molecule has 2 aromatic carbocycles. The van der Waals surface area contributed by atoms with Crippen LogP contribution in [0.1, 0.15) is 5.56 Å². The van der Waals surface area contributed by atoms with Crippen molar-refractivity contribution in [2.45, 2.75) is 6.92 Å². The fourth-order valence-electron chi connectivity index (χ4n) is 2.86. The summed E-state index contributed by atoms with van der Waals surface area (Å²) in [5.74, 6) is 1.00. The topological polar surface area (TPSA) is 17.8 Å². The first-order valence-corrected chi connectivity index (χ1v) is 6.76. The fourth-order valence-corrected chi connectivity index (χ4v) is 2.86. The predicted molar refractivity (Wildman–Crippen MR) is 83.3 cm³/mol. The Labute approximate surface area is 117 Å². The molecule has 0 saturated carbocycles. The SMILES string of the molecule is Cc1cccnc1-n1c2ccccc2c2ccccc21. The molecule has 0 aliphatic carbocycles. The minimum atomic E-state index is 1.00. The Morgan fingerprint density at radius 1 is 0.750 bits per heavy atom. The van der Waals surface area contributed by atoms with Crippen LogP contribution in [-0.4, -0.2) is 9.55 Å². The molecular formula is C18H14N2. The van der Waals surface area contributed by atoms with Gasteiger partial charge >= 0.3 is 0 Å². The highest BCUT2D eigenvalue weighted by molar-refractivity contribution is 6.09. The minimum absolute atomic E-state index is 1.00. The van der Waals surface area contributed by atoms with Gasteiger partial charge in [0.05, 0.1) is 11.0 Å². The number of para-hydroxylation sites is 2. The molecule has 4 rings (SSSR count). The van der Waals surface area contributed by atoms with E-state index in [1.54, 1.807) is 0 Å². The molecule has 2 nitrogen and oxygen atoms in total. The van der Waals surface area contributed by atoms with Crippen molar-refractivity contribution in [3.63, 3.8) is 0 Å². The summed E-state index contributed by atoms with van der Waals surface area (Å²) < 4.78 is 2.25. The highest BCUT2D eigenvalue weighted by Gasteiger charge is 2.12. The van der Waals surface area contributed by atoms with E-state index in [-0.39, 0.29) is 0 Å². The van der Waals surface area contributed by atoms with Crippen molar-refractivity contribution in [1.82, 2.24) is 9.55 Å². The Bertz CT molecular complexity index is 866. The Morgan fingerprint density at radius 3 is 1.95 bits per heavy atom. The summed E-state index contributed by atoms with van der Waals surface area (Å²) >= 11 is 0. The van der Waals surface area contributed by atoms with Crippen LogP contribution in [-0.2, 0) is 0 Å². The minimum Gasteiger partial charge on any atom is -0.294 e. The second-order valence-electron chi connectivity index (χ2n) is 5.01. The first kappa shape index (κ1) is 11.2. The van der Waals surface area contributed by atoms with Crippen molar-refractivity contribution in [2.24, 2.45) is 0 Å². The van der Waals surface area contributed by atoms with Gasteiger partial charge < -0.3 is 0 Å². The third kappa shape index (κ3) is 1.48. The molecule has 0 saturated heterocycles. The van der Waals surface area contributed by atoms with Crippen LogP contribution in [0.3, 0.4) is 0 Å². The van der Waals surface area contributed by atoms with E-state index in [2.05, 4.69) is 71.1 Å². The van der Waals surface area contributed by atoms with E-state index < -0.39 is 0 Å². The molecule has 2 aromatic heterocycles. The third-order valence-electron chi connectivity index (χ3n) is 3.77. The van der Waals surface area contributed by atoms with Gasteiger partial charge in [-0.05, 0) is 30.7 Å². The number of fused-ring (bicyclic) bond motifs is 3. The van der Waals surface area contributed by atoms with Gasteiger partial charge in [-0.1, -0.05) is 42.5 Å². The Morgan fingerprint density at radius 2 is 1.35 bits per heavy atom. The number of hydrogen-bond donors (Lipinski definition) is 0. The molecule has 0 amide bonds. The maximum absolute atomic E-state index is 4.58. The van der Waals surface area contributed by atoms with Crippen LogP contribution in [0.4, 0.5) is 0 Å². The number of pyridine rings is 1. The molecule has 0 aliphatic heterocycles. The van der Waals surface area contributed by atoms with Crippen LogP contribution in [0.2, 0.25) is 0 Å². The highest BCUT2D eigenvalue weighted by Crippen LogP contribution is 2.31. The number of nitrogens with zero attached hydrogens (tertiary/aromatic N) is 2. The molecule has 0 radical (unpaired) electrons. The summed E-state index contributed by atoms with van der Waals surface area (Å²) in [5.41, 5.74) is 3.59. The van der Waals surface area contributed by atoms with Crippen molar-refractivity contribution in [1.29, 1.82) is 0 Å². The number of rotatable bonds is 1. The lowest BCUT2D eigenvalue weighted by Crippen LogP contribution is -1.99. The number of aromatic nitrogens is 2. The van der Waals surface area contributed by atoms with Gasteiger partial charge in [-0.25, -0.2) is 4.98 Å². The standard InChI is InChI=1S/C18H14N2/c1-13-7-6-12-19-18(13)20-16-10-4-2-8-14(16)15-9-3-5-11-17(15)20/h2-12H,1H3. The van der Waals surface area contributed by atoms with Gasteiger partial charge in [0.15, 0.2) is 0 Å². The van der Waals surface area contributed by atoms with Crippen molar-refractivity contribution in [3.05, 3.63) is 72.4 Å². The summed E-state index contributed by atoms with van der Waals surface area (Å²) in [5, 5.41) is 2.54. The van der Waals surface area contributed by atoms with Crippen molar-refractivity contribution >= 4 is 21.8 Å². The molecule has 96 valence electrons. The van der Waals surface area contributed by atoms with Gasteiger partial charge in [0.2, 0.25) is 0 Å². The van der Waals surface area contributed by atoms with Gasteiger partial charge in [-0.2, -0.15) is 0 Å². The zero-order valence-electron chi connectivity index (χ0n) is 11.2. The third-order valence-corrected chi connectivity index (χ3v) is 3.77. The van der Waals surface area contributed by atoms with E-state index in [4.69, 9.17) is 0 Å².